The fourth-order valence-corrected chi connectivity index (χ4v) is 1.30. The predicted octanol–water partition coefficient (Wildman–Crippen LogP) is 2.06. The maximum absolute atomic E-state index is 11.9. The molecule has 0 aliphatic carbocycles. The van der Waals surface area contributed by atoms with Crippen LogP contribution in [0.2, 0.25) is 0 Å². The van der Waals surface area contributed by atoms with Gasteiger partial charge in [-0.2, -0.15) is 0 Å². The lowest BCUT2D eigenvalue weighted by molar-refractivity contribution is -0.164. The maximum Gasteiger partial charge on any atom is 0.360 e. The highest BCUT2D eigenvalue weighted by Crippen LogP contribution is 2.12. The van der Waals surface area contributed by atoms with Gasteiger partial charge in [0.2, 0.25) is 0 Å². The Morgan fingerprint density at radius 2 is 1.80 bits per heavy atom. The van der Waals surface area contributed by atoms with Crippen LogP contribution in [0, 0.1) is 0 Å². The number of ether oxygens (including phenoxy) is 2. The third-order valence-corrected chi connectivity index (χ3v) is 2.39. The van der Waals surface area contributed by atoms with E-state index in [0.717, 1.165) is 0 Å². The van der Waals surface area contributed by atoms with Crippen LogP contribution in [0.4, 0.5) is 0 Å². The number of esters is 2. The zero-order valence-corrected chi connectivity index (χ0v) is 11.4. The van der Waals surface area contributed by atoms with Crippen LogP contribution in [0.25, 0.3) is 0 Å². The number of carbonyl (C=O) groups is 3. The van der Waals surface area contributed by atoms with Gasteiger partial charge in [-0.05, 0) is 19.1 Å². The molecule has 1 aromatic rings. The Bertz CT molecular complexity index is 518. The third kappa shape index (κ3) is 4.35. The van der Waals surface area contributed by atoms with Crippen molar-refractivity contribution in [2.75, 3.05) is 0 Å². The molecule has 106 valence electrons. The first kappa shape index (κ1) is 15.6. The van der Waals surface area contributed by atoms with Gasteiger partial charge in [0.1, 0.15) is 5.75 Å². The number of hydrogen-bond donors (Lipinski definition) is 0. The largest absolute Gasteiger partial charge is 0.439 e. The first-order valence-electron chi connectivity index (χ1n) is 6.11. The molecule has 0 radical (unpaired) electrons. The van der Waals surface area contributed by atoms with Gasteiger partial charge in [-0.15, -0.1) is 0 Å². The number of ketones is 1. The molecule has 5 nitrogen and oxygen atoms in total. The summed E-state index contributed by atoms with van der Waals surface area (Å²) in [5.74, 6) is -1.97. The van der Waals surface area contributed by atoms with E-state index in [-0.39, 0.29) is 17.7 Å². The van der Waals surface area contributed by atoms with E-state index in [4.69, 9.17) is 9.47 Å². The van der Waals surface area contributed by atoms with Crippen LogP contribution < -0.4 is 4.74 Å². The highest BCUT2D eigenvalue weighted by atomic mass is 16.6. The molecule has 5 heteroatoms. The number of rotatable bonds is 6. The van der Waals surface area contributed by atoms with Gasteiger partial charge in [-0.25, -0.2) is 9.59 Å². The molecule has 0 fully saturated rings. The molecule has 1 rings (SSSR count). The van der Waals surface area contributed by atoms with Crippen molar-refractivity contribution in [3.63, 3.8) is 0 Å². The van der Waals surface area contributed by atoms with E-state index in [9.17, 15) is 14.4 Å². The Kier molecular flexibility index (Phi) is 5.65. The highest BCUT2D eigenvalue weighted by Gasteiger charge is 2.31. The molecule has 0 N–H and O–H groups in total. The predicted molar refractivity (Wildman–Crippen MR) is 72.1 cm³/mol. The summed E-state index contributed by atoms with van der Waals surface area (Å²) in [6.45, 7) is 6.40. The lowest BCUT2D eigenvalue weighted by Crippen LogP contribution is -2.38. The molecule has 0 heterocycles. The summed E-state index contributed by atoms with van der Waals surface area (Å²) in [6, 6.07) is 8.24. The van der Waals surface area contributed by atoms with Gasteiger partial charge in [0, 0.05) is 12.0 Å². The zero-order chi connectivity index (χ0) is 15.1. The molecule has 0 aliphatic rings. The minimum absolute atomic E-state index is 0.0536. The maximum atomic E-state index is 11.9. The van der Waals surface area contributed by atoms with Gasteiger partial charge in [0.05, 0.1) is 0 Å². The Morgan fingerprint density at radius 3 is 2.30 bits per heavy atom. The van der Waals surface area contributed by atoms with Crippen molar-refractivity contribution in [3.8, 4) is 5.75 Å². The van der Waals surface area contributed by atoms with E-state index in [0.29, 0.717) is 0 Å². The van der Waals surface area contributed by atoms with Crippen LogP contribution in [-0.4, -0.2) is 23.8 Å². The Balaban J connectivity index is 2.82. The fourth-order valence-electron chi connectivity index (χ4n) is 1.30. The average molecular weight is 276 g/mol. The molecule has 0 aliphatic heterocycles. The van der Waals surface area contributed by atoms with Crippen LogP contribution in [0.15, 0.2) is 42.5 Å². The smallest absolute Gasteiger partial charge is 0.360 e. The molecule has 20 heavy (non-hydrogen) atoms. The highest BCUT2D eigenvalue weighted by molar-refractivity contribution is 6.05. The summed E-state index contributed by atoms with van der Waals surface area (Å²) in [5, 5.41) is 0. The van der Waals surface area contributed by atoms with Crippen LogP contribution >= 0.6 is 0 Å². The van der Waals surface area contributed by atoms with Gasteiger partial charge < -0.3 is 9.47 Å². The number of benzene rings is 1. The quantitative estimate of drug-likeness (QED) is 0.344. The molecule has 0 saturated heterocycles. The lowest BCUT2D eigenvalue weighted by atomic mass is 10.2. The minimum atomic E-state index is -1.57. The number of hydrogen-bond acceptors (Lipinski definition) is 5. The Hall–Kier alpha value is -2.43. The molecule has 1 aromatic carbocycles. The topological polar surface area (TPSA) is 69.7 Å². The van der Waals surface area contributed by atoms with Crippen LogP contribution in [0.5, 0.6) is 5.75 Å². The van der Waals surface area contributed by atoms with E-state index >= 15 is 0 Å². The van der Waals surface area contributed by atoms with E-state index in [2.05, 4.69) is 6.58 Å². The van der Waals surface area contributed by atoms with Gasteiger partial charge in [0.25, 0.3) is 6.10 Å². The molecular formula is C15H16O5. The van der Waals surface area contributed by atoms with Crippen molar-refractivity contribution in [2.45, 2.75) is 26.4 Å². The Morgan fingerprint density at radius 1 is 1.20 bits per heavy atom. The first-order valence-corrected chi connectivity index (χ1v) is 6.11. The normalized spacial score (nSPS) is 11.3. The molecule has 0 aromatic heterocycles. The summed E-state index contributed by atoms with van der Waals surface area (Å²) in [4.78, 5) is 35.1. The van der Waals surface area contributed by atoms with E-state index < -0.39 is 23.8 Å². The zero-order valence-electron chi connectivity index (χ0n) is 11.4. The summed E-state index contributed by atoms with van der Waals surface area (Å²) in [7, 11) is 0. The molecule has 0 saturated carbocycles. The van der Waals surface area contributed by atoms with Gasteiger partial charge in [0.15, 0.2) is 5.78 Å². The molecule has 1 atom stereocenters. The van der Waals surface area contributed by atoms with Crippen molar-refractivity contribution in [2.24, 2.45) is 0 Å². The third-order valence-electron chi connectivity index (χ3n) is 2.39. The second kappa shape index (κ2) is 7.23. The lowest BCUT2D eigenvalue weighted by Gasteiger charge is -2.15. The molecular weight excluding hydrogens is 260 g/mol. The van der Waals surface area contributed by atoms with Gasteiger partial charge >= 0.3 is 11.9 Å². The fraction of sp³-hybridized carbons (Fsp3) is 0.267. The Labute approximate surface area is 117 Å². The van der Waals surface area contributed by atoms with Crippen molar-refractivity contribution in [1.82, 2.24) is 0 Å². The number of para-hydroxylation sites is 1. The molecule has 0 spiro atoms. The van der Waals surface area contributed by atoms with Crippen molar-refractivity contribution in [1.29, 1.82) is 0 Å². The van der Waals surface area contributed by atoms with Gasteiger partial charge in [-0.1, -0.05) is 31.7 Å². The number of Topliss-reactive ketones (excluding diaryl/α,β-unsaturated/α-hetero) is 1. The van der Waals surface area contributed by atoms with E-state index in [1.165, 1.54) is 6.92 Å². The average Bonchev–Trinajstić information content (AvgIpc) is 2.44. The summed E-state index contributed by atoms with van der Waals surface area (Å²) in [5.41, 5.74) is 0.103. The molecule has 0 bridgehead atoms. The second-order valence-corrected chi connectivity index (χ2v) is 4.12. The van der Waals surface area contributed by atoms with E-state index in [1.54, 1.807) is 37.3 Å². The summed E-state index contributed by atoms with van der Waals surface area (Å²) >= 11 is 0. The van der Waals surface area contributed by atoms with Crippen molar-refractivity contribution in [3.05, 3.63) is 42.5 Å². The number of carbonyl (C=O) groups excluding carboxylic acids is 3. The van der Waals surface area contributed by atoms with E-state index in [1.807, 2.05) is 0 Å². The van der Waals surface area contributed by atoms with Crippen LogP contribution in [-0.2, 0) is 19.1 Å². The summed E-state index contributed by atoms with van der Waals surface area (Å²) in [6.07, 6.45) is -1.51. The van der Waals surface area contributed by atoms with Crippen molar-refractivity contribution >= 4 is 17.7 Å². The van der Waals surface area contributed by atoms with Gasteiger partial charge in [-0.3, -0.25) is 4.79 Å². The second-order valence-electron chi connectivity index (χ2n) is 4.12. The first-order chi connectivity index (χ1) is 9.45. The minimum Gasteiger partial charge on any atom is -0.439 e. The monoisotopic (exact) mass is 276 g/mol. The molecule has 0 amide bonds. The SMILES string of the molecule is C=C(C)C(=O)OC(C(=O)CC)C(=O)Oc1ccccc1. The van der Waals surface area contributed by atoms with Crippen LogP contribution in [0.1, 0.15) is 20.3 Å². The molecule has 1 unspecified atom stereocenters. The summed E-state index contributed by atoms with van der Waals surface area (Å²) < 4.78 is 9.85. The van der Waals surface area contributed by atoms with Crippen LogP contribution in [0.3, 0.4) is 0 Å². The standard InChI is InChI=1S/C15H16O5/c1-4-12(16)13(20-14(17)10(2)3)15(18)19-11-8-6-5-7-9-11/h5-9,13H,2,4H2,1,3H3. The van der Waals surface area contributed by atoms with Crippen molar-refractivity contribution < 1.29 is 23.9 Å².